The molecule has 3 aromatic rings. The van der Waals surface area contributed by atoms with E-state index in [-0.39, 0.29) is 18.1 Å². The minimum absolute atomic E-state index is 0. The van der Waals surface area contributed by atoms with Crippen molar-refractivity contribution in [2.75, 3.05) is 13.1 Å². The number of nitro groups is 1. The van der Waals surface area contributed by atoms with Gasteiger partial charge >= 0.3 is 0 Å². The van der Waals surface area contributed by atoms with Gasteiger partial charge in [-0.05, 0) is 43.0 Å². The van der Waals surface area contributed by atoms with Gasteiger partial charge in [0.25, 0.3) is 5.69 Å². The molecule has 27 heavy (non-hydrogen) atoms. The van der Waals surface area contributed by atoms with Crippen molar-refractivity contribution >= 4 is 22.4 Å². The van der Waals surface area contributed by atoms with Crippen molar-refractivity contribution in [3.63, 3.8) is 0 Å². The molecule has 0 spiro atoms. The van der Waals surface area contributed by atoms with Crippen LogP contribution in [0.4, 0.5) is 11.5 Å². The lowest BCUT2D eigenvalue weighted by Gasteiger charge is -2.26. The highest BCUT2D eigenvalue weighted by atomic mass is 35.5. The van der Waals surface area contributed by atoms with E-state index in [1.165, 1.54) is 29.9 Å². The van der Waals surface area contributed by atoms with Gasteiger partial charge in [0.05, 0.1) is 28.9 Å². The lowest BCUT2D eigenvalue weighted by molar-refractivity contribution is -0.841. The first kappa shape index (κ1) is 19.2. The van der Waals surface area contributed by atoms with Crippen molar-refractivity contribution in [2.45, 2.75) is 19.8 Å². The van der Waals surface area contributed by atoms with Crippen molar-refractivity contribution in [3.05, 3.63) is 58.6 Å². The summed E-state index contributed by atoms with van der Waals surface area (Å²) in [5, 5.41) is 12.0. The summed E-state index contributed by atoms with van der Waals surface area (Å²) in [5.74, 6) is 2.43. The molecule has 7 heteroatoms. The van der Waals surface area contributed by atoms with Gasteiger partial charge in [-0.3, -0.25) is 15.0 Å². The monoisotopic (exact) mass is 384 g/mol. The van der Waals surface area contributed by atoms with E-state index >= 15 is 0 Å². The van der Waals surface area contributed by atoms with Gasteiger partial charge in [-0.25, -0.2) is 4.98 Å². The summed E-state index contributed by atoms with van der Waals surface area (Å²) in [5.41, 5.74) is 1.79. The minimum atomic E-state index is -0.393. The van der Waals surface area contributed by atoms with Gasteiger partial charge in [0, 0.05) is 17.7 Å². The van der Waals surface area contributed by atoms with Crippen molar-refractivity contribution < 1.29 is 22.2 Å². The third-order valence-electron chi connectivity index (χ3n) is 5.15. The number of benzene rings is 2. The fourth-order valence-electron chi connectivity index (χ4n) is 3.55. The molecule has 4 rings (SSSR count). The Hall–Kier alpha value is -2.57. The number of rotatable bonds is 3. The number of nitrogens with one attached hydrogen (secondary N) is 1. The quantitative estimate of drug-likeness (QED) is 0.515. The maximum atomic E-state index is 10.9. The smallest absolute Gasteiger partial charge is 0.269 e. The zero-order chi connectivity index (χ0) is 18.1. The highest BCUT2D eigenvalue weighted by molar-refractivity contribution is 5.87. The Bertz CT molecular complexity index is 954. The normalized spacial score (nSPS) is 19.4. The number of non-ortho nitro benzene ring substituents is 1. The first-order valence-corrected chi connectivity index (χ1v) is 8.98. The van der Waals surface area contributed by atoms with E-state index < -0.39 is 4.92 Å². The fraction of sp³-hybridized carbons (Fsp3) is 0.300. The van der Waals surface area contributed by atoms with E-state index in [1.807, 2.05) is 18.2 Å². The Morgan fingerprint density at radius 3 is 2.37 bits per heavy atom. The van der Waals surface area contributed by atoms with Gasteiger partial charge in [-0.1, -0.05) is 19.1 Å². The van der Waals surface area contributed by atoms with E-state index in [0.717, 1.165) is 41.3 Å². The number of hydrogen-bond donors (Lipinski definition) is 1. The van der Waals surface area contributed by atoms with E-state index in [1.54, 1.807) is 12.1 Å². The van der Waals surface area contributed by atoms with Crippen LogP contribution in [0.5, 0.6) is 0 Å². The van der Waals surface area contributed by atoms with Crippen molar-refractivity contribution in [1.29, 1.82) is 0 Å². The largest absolute Gasteiger partial charge is 1.00 e. The molecule has 0 saturated carbocycles. The Morgan fingerprint density at radius 1 is 1.04 bits per heavy atom. The van der Waals surface area contributed by atoms with E-state index in [9.17, 15) is 10.1 Å². The summed E-state index contributed by atoms with van der Waals surface area (Å²) in [4.78, 5) is 21.5. The lowest BCUT2D eigenvalue weighted by atomic mass is 9.99. The van der Waals surface area contributed by atoms with Crippen LogP contribution in [-0.4, -0.2) is 28.0 Å². The molecule has 0 atom stereocenters. The summed E-state index contributed by atoms with van der Waals surface area (Å²) in [6, 6.07) is 14.5. The highest BCUT2D eigenvalue weighted by Crippen LogP contribution is 2.25. The average Bonchev–Trinajstić information content (AvgIpc) is 2.68. The van der Waals surface area contributed by atoms with Crippen LogP contribution in [0.1, 0.15) is 19.8 Å². The number of hydrogen-bond acceptors (Lipinski definition) is 4. The van der Waals surface area contributed by atoms with Crippen LogP contribution < -0.4 is 17.3 Å². The number of aromatic nitrogens is 2. The zero-order valence-electron chi connectivity index (χ0n) is 15.1. The van der Waals surface area contributed by atoms with Crippen LogP contribution in [0.2, 0.25) is 0 Å². The Labute approximate surface area is 163 Å². The Balaban J connectivity index is 0.00000210. The molecule has 2 heterocycles. The van der Waals surface area contributed by atoms with E-state index in [2.05, 4.69) is 13.0 Å². The molecule has 1 saturated heterocycles. The Morgan fingerprint density at radius 2 is 1.70 bits per heavy atom. The predicted octanol–water partition coefficient (Wildman–Crippen LogP) is 0.155. The van der Waals surface area contributed by atoms with Crippen LogP contribution in [0, 0.1) is 16.0 Å². The van der Waals surface area contributed by atoms with Gasteiger partial charge in [-0.15, -0.1) is 0 Å². The summed E-state index contributed by atoms with van der Waals surface area (Å²) in [7, 11) is 0. The molecule has 140 valence electrons. The molecule has 1 aliphatic rings. The molecule has 0 bridgehead atoms. The molecule has 1 N–H and O–H groups in total. The minimum Gasteiger partial charge on any atom is -1.00 e. The molecule has 0 aliphatic carbocycles. The summed E-state index contributed by atoms with van der Waals surface area (Å²) in [6.07, 6.45) is 2.39. The van der Waals surface area contributed by atoms with Gasteiger partial charge in [-0.2, -0.15) is 4.98 Å². The van der Waals surface area contributed by atoms with Gasteiger partial charge in [0.1, 0.15) is 0 Å². The van der Waals surface area contributed by atoms with E-state index in [4.69, 9.17) is 9.97 Å². The molecule has 1 aliphatic heterocycles. The summed E-state index contributed by atoms with van der Waals surface area (Å²) < 4.78 is 0. The number of nitro benzene ring substituents is 1. The number of fused-ring (bicyclic) bond motifs is 1. The van der Waals surface area contributed by atoms with Crippen LogP contribution in [0.15, 0.2) is 48.5 Å². The van der Waals surface area contributed by atoms with Gasteiger partial charge in [0.2, 0.25) is 5.82 Å². The number of quaternary nitrogens is 1. The number of halogens is 1. The SMILES string of the molecule is CC1CC[NH+](c2nc(-c3ccc([N+](=O)[O-])cc3)nc3ccccc23)CC1.[Cl-]. The second-order valence-corrected chi connectivity index (χ2v) is 7.00. The number of piperidine rings is 1. The molecule has 2 aromatic carbocycles. The molecule has 1 fully saturated rings. The lowest BCUT2D eigenvalue weighted by Crippen LogP contribution is -3.08. The van der Waals surface area contributed by atoms with Crippen LogP contribution in [0.3, 0.4) is 0 Å². The predicted molar refractivity (Wildman–Crippen MR) is 100 cm³/mol. The molecular weight excluding hydrogens is 364 g/mol. The number of nitrogens with zero attached hydrogens (tertiary/aromatic N) is 3. The molecule has 1 aromatic heterocycles. The molecule has 0 unspecified atom stereocenters. The first-order valence-electron chi connectivity index (χ1n) is 8.98. The third kappa shape index (κ3) is 3.91. The van der Waals surface area contributed by atoms with Crippen LogP contribution >= 0.6 is 0 Å². The number of para-hydroxylation sites is 1. The van der Waals surface area contributed by atoms with Crippen molar-refractivity contribution in [3.8, 4) is 11.4 Å². The molecular formula is C20H21ClN4O2. The second kappa shape index (κ2) is 7.98. The summed E-state index contributed by atoms with van der Waals surface area (Å²) in [6.45, 7) is 4.45. The Kier molecular flexibility index (Phi) is 5.68. The van der Waals surface area contributed by atoms with E-state index in [0.29, 0.717) is 5.82 Å². The van der Waals surface area contributed by atoms with Gasteiger partial charge < -0.3 is 12.4 Å². The van der Waals surface area contributed by atoms with Crippen LogP contribution in [-0.2, 0) is 0 Å². The van der Waals surface area contributed by atoms with Crippen molar-refractivity contribution in [1.82, 2.24) is 9.97 Å². The first-order chi connectivity index (χ1) is 12.6. The molecule has 0 radical (unpaired) electrons. The topological polar surface area (TPSA) is 73.4 Å². The second-order valence-electron chi connectivity index (χ2n) is 7.00. The maximum absolute atomic E-state index is 10.9. The molecule has 6 nitrogen and oxygen atoms in total. The summed E-state index contributed by atoms with van der Waals surface area (Å²) >= 11 is 0. The van der Waals surface area contributed by atoms with Gasteiger partial charge in [0.15, 0.2) is 5.82 Å². The fourth-order valence-corrected chi connectivity index (χ4v) is 3.55. The van der Waals surface area contributed by atoms with Crippen LogP contribution in [0.25, 0.3) is 22.3 Å². The zero-order valence-corrected chi connectivity index (χ0v) is 15.8. The standard InChI is InChI=1S/C20H20N4O2.ClH/c1-14-10-12-23(13-11-14)20-17-4-2-3-5-18(17)21-19(22-20)15-6-8-16(9-7-15)24(25)26;/h2-9,14H,10-13H2,1H3;1H. The highest BCUT2D eigenvalue weighted by Gasteiger charge is 2.25. The van der Waals surface area contributed by atoms with Crippen molar-refractivity contribution in [2.24, 2.45) is 5.92 Å². The maximum Gasteiger partial charge on any atom is 0.269 e. The average molecular weight is 385 g/mol. The third-order valence-corrected chi connectivity index (χ3v) is 5.15. The molecule has 0 amide bonds.